The lowest BCUT2D eigenvalue weighted by atomic mass is 10.1. The molecule has 70 valence electrons. The molecule has 0 N–H and O–H groups in total. The van der Waals surface area contributed by atoms with Crippen LogP contribution in [0.25, 0.3) is 10.1 Å². The van der Waals surface area contributed by atoms with E-state index in [1.807, 2.05) is 6.07 Å². The van der Waals surface area contributed by atoms with Crippen LogP contribution in [0, 0.1) is 14.9 Å². The first kappa shape index (κ1) is 9.74. The van der Waals surface area contributed by atoms with E-state index in [2.05, 4.69) is 34.0 Å². The average Bonchev–Trinajstić information content (AvgIpc) is 2.59. The highest BCUT2D eigenvalue weighted by Crippen LogP contribution is 2.36. The molecule has 14 heavy (non-hydrogen) atoms. The van der Waals surface area contributed by atoms with Crippen molar-refractivity contribution >= 4 is 44.0 Å². The second-order valence-electron chi connectivity index (χ2n) is 2.71. The summed E-state index contributed by atoms with van der Waals surface area (Å²) in [6.07, 6.45) is 0. The number of hydrogen-bond donors (Lipinski definition) is 0. The molecule has 2 nitrogen and oxygen atoms in total. The van der Waals surface area contributed by atoms with Crippen molar-refractivity contribution in [3.05, 3.63) is 26.6 Å². The van der Waals surface area contributed by atoms with Gasteiger partial charge in [-0.2, -0.15) is 5.26 Å². The summed E-state index contributed by atoms with van der Waals surface area (Å²) in [5.41, 5.74) is 0.594. The van der Waals surface area contributed by atoms with Crippen LogP contribution in [0.3, 0.4) is 0 Å². The molecule has 0 aliphatic heterocycles. The molecule has 0 radical (unpaired) electrons. The van der Waals surface area contributed by atoms with Gasteiger partial charge in [0.05, 0.1) is 12.7 Å². The molecular weight excluding hydrogens is 309 g/mol. The summed E-state index contributed by atoms with van der Waals surface area (Å²) in [6.45, 7) is 0. The molecule has 0 bridgehead atoms. The number of rotatable bonds is 1. The maximum Gasteiger partial charge on any atom is 0.146 e. The van der Waals surface area contributed by atoms with E-state index in [-0.39, 0.29) is 0 Å². The molecule has 1 aromatic heterocycles. The highest BCUT2D eigenvalue weighted by Gasteiger charge is 2.11. The van der Waals surface area contributed by atoms with Gasteiger partial charge >= 0.3 is 0 Å². The first-order chi connectivity index (χ1) is 6.77. The predicted molar refractivity (Wildman–Crippen MR) is 65.8 cm³/mol. The van der Waals surface area contributed by atoms with Crippen LogP contribution in [0.4, 0.5) is 0 Å². The molecule has 0 aliphatic rings. The fourth-order valence-electron chi connectivity index (χ4n) is 1.36. The van der Waals surface area contributed by atoms with Gasteiger partial charge in [0.1, 0.15) is 11.8 Å². The Morgan fingerprint density at radius 1 is 1.50 bits per heavy atom. The van der Waals surface area contributed by atoms with Crippen LogP contribution < -0.4 is 4.74 Å². The zero-order valence-corrected chi connectivity index (χ0v) is 10.3. The molecule has 0 amide bonds. The van der Waals surface area contributed by atoms with Gasteiger partial charge in [0.25, 0.3) is 0 Å². The van der Waals surface area contributed by atoms with Gasteiger partial charge in [0, 0.05) is 19.0 Å². The first-order valence-corrected chi connectivity index (χ1v) is 5.87. The standard InChI is InChI=1S/C10H6INOS/c1-13-10-6(4-12)2-3-8-9(10)7(11)5-14-8/h2-3,5H,1H3. The van der Waals surface area contributed by atoms with Crippen molar-refractivity contribution in [3.8, 4) is 11.8 Å². The quantitative estimate of drug-likeness (QED) is 0.756. The Hall–Kier alpha value is -0.800. The normalized spacial score (nSPS) is 10.1. The zero-order chi connectivity index (χ0) is 10.1. The van der Waals surface area contributed by atoms with Crippen molar-refractivity contribution in [2.75, 3.05) is 7.11 Å². The Balaban J connectivity index is 2.89. The molecule has 2 rings (SSSR count). The first-order valence-electron chi connectivity index (χ1n) is 3.91. The second kappa shape index (κ2) is 3.75. The SMILES string of the molecule is COc1c(C#N)ccc2scc(I)c12. The van der Waals surface area contributed by atoms with Gasteiger partial charge in [0.15, 0.2) is 0 Å². The monoisotopic (exact) mass is 315 g/mol. The molecule has 0 saturated heterocycles. The molecule has 1 aromatic carbocycles. The van der Waals surface area contributed by atoms with Gasteiger partial charge < -0.3 is 4.74 Å². The lowest BCUT2D eigenvalue weighted by molar-refractivity contribution is 0.418. The summed E-state index contributed by atoms with van der Waals surface area (Å²) in [5.74, 6) is 0.690. The van der Waals surface area contributed by atoms with Gasteiger partial charge in [-0.1, -0.05) is 0 Å². The number of fused-ring (bicyclic) bond motifs is 1. The van der Waals surface area contributed by atoms with Crippen LogP contribution in [-0.4, -0.2) is 7.11 Å². The minimum absolute atomic E-state index is 0.594. The van der Waals surface area contributed by atoms with Crippen molar-refractivity contribution in [1.29, 1.82) is 5.26 Å². The number of nitrogens with zero attached hydrogens (tertiary/aromatic N) is 1. The summed E-state index contributed by atoms with van der Waals surface area (Å²) in [4.78, 5) is 0. The Bertz CT molecular complexity index is 527. The summed E-state index contributed by atoms with van der Waals surface area (Å²) in [6, 6.07) is 5.89. The Labute approximate surface area is 99.3 Å². The second-order valence-corrected chi connectivity index (χ2v) is 4.79. The zero-order valence-electron chi connectivity index (χ0n) is 7.37. The van der Waals surface area contributed by atoms with Crippen molar-refractivity contribution in [2.24, 2.45) is 0 Å². The van der Waals surface area contributed by atoms with Gasteiger partial charge in [-0.05, 0) is 34.7 Å². The summed E-state index contributed by atoms with van der Waals surface area (Å²) in [7, 11) is 1.60. The molecule has 2 aromatic rings. The maximum absolute atomic E-state index is 8.91. The average molecular weight is 315 g/mol. The van der Waals surface area contributed by atoms with E-state index in [0.29, 0.717) is 11.3 Å². The van der Waals surface area contributed by atoms with Gasteiger partial charge in [-0.3, -0.25) is 0 Å². The summed E-state index contributed by atoms with van der Waals surface area (Å²) < 4.78 is 7.56. The fourth-order valence-corrected chi connectivity index (χ4v) is 3.28. The van der Waals surface area contributed by atoms with Crippen LogP contribution >= 0.6 is 33.9 Å². The van der Waals surface area contributed by atoms with Crippen LogP contribution in [0.2, 0.25) is 0 Å². The van der Waals surface area contributed by atoms with Crippen LogP contribution in [0.1, 0.15) is 5.56 Å². The molecule has 0 aliphatic carbocycles. The molecule has 0 spiro atoms. The molecular formula is C10H6INOS. The number of nitriles is 1. The predicted octanol–water partition coefficient (Wildman–Crippen LogP) is 3.39. The molecule has 4 heteroatoms. The van der Waals surface area contributed by atoms with E-state index in [1.165, 1.54) is 0 Å². The van der Waals surface area contributed by atoms with Gasteiger partial charge in [-0.25, -0.2) is 0 Å². The van der Waals surface area contributed by atoms with Crippen molar-refractivity contribution in [1.82, 2.24) is 0 Å². The van der Waals surface area contributed by atoms with E-state index in [0.717, 1.165) is 13.7 Å². The summed E-state index contributed by atoms with van der Waals surface area (Å²) in [5, 5.41) is 12.0. The third kappa shape index (κ3) is 1.37. The number of halogens is 1. The smallest absolute Gasteiger partial charge is 0.146 e. The minimum atomic E-state index is 0.594. The molecule has 0 fully saturated rings. The van der Waals surface area contributed by atoms with Crippen LogP contribution in [0.5, 0.6) is 5.75 Å². The third-order valence-corrected chi connectivity index (χ3v) is 4.19. The third-order valence-electron chi connectivity index (χ3n) is 1.97. The van der Waals surface area contributed by atoms with E-state index >= 15 is 0 Å². The number of thiophene rings is 1. The lowest BCUT2D eigenvalue weighted by Gasteiger charge is -2.04. The Morgan fingerprint density at radius 2 is 2.29 bits per heavy atom. The van der Waals surface area contributed by atoms with Crippen LogP contribution in [0.15, 0.2) is 17.5 Å². The van der Waals surface area contributed by atoms with Crippen molar-refractivity contribution < 1.29 is 4.74 Å². The van der Waals surface area contributed by atoms with Crippen LogP contribution in [-0.2, 0) is 0 Å². The number of hydrogen-bond acceptors (Lipinski definition) is 3. The Kier molecular flexibility index (Phi) is 2.61. The topological polar surface area (TPSA) is 33.0 Å². The van der Waals surface area contributed by atoms with E-state index in [4.69, 9.17) is 10.00 Å². The molecule has 1 heterocycles. The molecule has 0 atom stereocenters. The van der Waals surface area contributed by atoms with E-state index in [1.54, 1.807) is 24.5 Å². The fraction of sp³-hybridized carbons (Fsp3) is 0.100. The molecule has 0 unspecified atom stereocenters. The van der Waals surface area contributed by atoms with E-state index in [9.17, 15) is 0 Å². The molecule has 0 saturated carbocycles. The van der Waals surface area contributed by atoms with Crippen molar-refractivity contribution in [3.63, 3.8) is 0 Å². The summed E-state index contributed by atoms with van der Waals surface area (Å²) >= 11 is 3.92. The highest BCUT2D eigenvalue weighted by molar-refractivity contribution is 14.1. The van der Waals surface area contributed by atoms with E-state index < -0.39 is 0 Å². The number of methoxy groups -OCH3 is 1. The van der Waals surface area contributed by atoms with Gasteiger partial charge in [-0.15, -0.1) is 11.3 Å². The highest BCUT2D eigenvalue weighted by atomic mass is 127. The van der Waals surface area contributed by atoms with Gasteiger partial charge in [0.2, 0.25) is 0 Å². The Morgan fingerprint density at radius 3 is 2.93 bits per heavy atom. The minimum Gasteiger partial charge on any atom is -0.495 e. The lowest BCUT2D eigenvalue weighted by Crippen LogP contribution is -1.88. The van der Waals surface area contributed by atoms with Crippen molar-refractivity contribution in [2.45, 2.75) is 0 Å². The number of benzene rings is 1. The number of ether oxygens (including phenoxy) is 1. The largest absolute Gasteiger partial charge is 0.495 e. The maximum atomic E-state index is 8.91.